The number of nitrogens with one attached hydrogen (secondary N) is 1. The minimum atomic E-state index is -0.927. The smallest absolute Gasteiger partial charge is 0.262 e. The first-order valence-corrected chi connectivity index (χ1v) is 10.5. The van der Waals surface area contributed by atoms with E-state index in [1.807, 2.05) is 50.4 Å². The maximum Gasteiger partial charge on any atom is 0.262 e. The van der Waals surface area contributed by atoms with E-state index < -0.39 is 23.8 Å². The molecule has 0 spiro atoms. The van der Waals surface area contributed by atoms with Gasteiger partial charge in [0.2, 0.25) is 5.91 Å². The van der Waals surface area contributed by atoms with Crippen molar-refractivity contribution in [3.63, 3.8) is 0 Å². The van der Waals surface area contributed by atoms with E-state index in [9.17, 15) is 14.4 Å². The number of carbonyl (C=O) groups excluding carboxylic acids is 3. The minimum Gasteiger partial charge on any atom is -0.300 e. The second kappa shape index (κ2) is 7.84. The summed E-state index contributed by atoms with van der Waals surface area (Å²) < 4.78 is 0. The lowest BCUT2D eigenvalue weighted by atomic mass is 10.0. The maximum absolute atomic E-state index is 13.1. The van der Waals surface area contributed by atoms with Gasteiger partial charge >= 0.3 is 0 Å². The van der Waals surface area contributed by atoms with Gasteiger partial charge in [0.15, 0.2) is 5.13 Å². The Balaban J connectivity index is 1.56. The number of amides is 3. The van der Waals surface area contributed by atoms with E-state index in [2.05, 4.69) is 10.3 Å². The highest BCUT2D eigenvalue weighted by molar-refractivity contribution is 7.14. The van der Waals surface area contributed by atoms with Crippen LogP contribution in [0, 0.1) is 12.8 Å². The third kappa shape index (κ3) is 3.52. The number of hydrogen-bond donors (Lipinski definition) is 1. The average molecular weight is 420 g/mol. The van der Waals surface area contributed by atoms with Gasteiger partial charge < -0.3 is 5.32 Å². The van der Waals surface area contributed by atoms with Crippen LogP contribution >= 0.6 is 11.3 Å². The fourth-order valence-corrected chi connectivity index (χ4v) is 4.27. The number of nitrogens with zero attached hydrogens (tertiary/aromatic N) is 2. The molecule has 152 valence electrons. The van der Waals surface area contributed by atoms with Gasteiger partial charge in [-0.25, -0.2) is 4.98 Å². The van der Waals surface area contributed by atoms with E-state index in [0.29, 0.717) is 16.3 Å². The van der Waals surface area contributed by atoms with Gasteiger partial charge in [-0.15, -0.1) is 11.3 Å². The highest BCUT2D eigenvalue weighted by atomic mass is 32.1. The zero-order valence-corrected chi connectivity index (χ0v) is 17.7. The first kappa shape index (κ1) is 20.0. The largest absolute Gasteiger partial charge is 0.300 e. The van der Waals surface area contributed by atoms with Crippen molar-refractivity contribution in [3.8, 4) is 11.3 Å². The van der Waals surface area contributed by atoms with Crippen LogP contribution < -0.4 is 5.32 Å². The van der Waals surface area contributed by atoms with Gasteiger partial charge in [-0.3, -0.25) is 19.3 Å². The molecule has 3 aromatic rings. The number of thiazole rings is 1. The summed E-state index contributed by atoms with van der Waals surface area (Å²) in [5, 5.41) is 5.09. The monoisotopic (exact) mass is 419 g/mol. The van der Waals surface area contributed by atoms with Gasteiger partial charge in [0, 0.05) is 10.9 Å². The maximum atomic E-state index is 13.1. The SMILES string of the molecule is Cc1ccc(-c2csc(NC(=O)[C@@H](C(C)C)N3C(=O)c4ccccc4C3=O)n2)cc1. The van der Waals surface area contributed by atoms with Gasteiger partial charge in [-0.1, -0.05) is 55.8 Å². The summed E-state index contributed by atoms with van der Waals surface area (Å²) in [7, 11) is 0. The standard InChI is InChI=1S/C23H21N3O3S/c1-13(2)19(26-21(28)16-6-4-5-7-17(16)22(26)29)20(27)25-23-24-18(12-30-23)15-10-8-14(3)9-11-15/h4-13,19H,1-3H3,(H,24,25,27)/t19-/m1/s1. The number of hydrogen-bond acceptors (Lipinski definition) is 5. The molecule has 1 aromatic heterocycles. The Kier molecular flexibility index (Phi) is 5.22. The highest BCUT2D eigenvalue weighted by Crippen LogP contribution is 2.29. The number of rotatable bonds is 5. The van der Waals surface area contributed by atoms with Crippen LogP contribution in [0.15, 0.2) is 53.9 Å². The predicted octanol–water partition coefficient (Wildman–Crippen LogP) is 4.38. The van der Waals surface area contributed by atoms with E-state index >= 15 is 0 Å². The summed E-state index contributed by atoms with van der Waals surface area (Å²) in [5.41, 5.74) is 3.53. The van der Waals surface area contributed by atoms with E-state index in [-0.39, 0.29) is 5.92 Å². The molecule has 6 nitrogen and oxygen atoms in total. The molecular weight excluding hydrogens is 398 g/mol. The van der Waals surface area contributed by atoms with Crippen molar-refractivity contribution < 1.29 is 14.4 Å². The lowest BCUT2D eigenvalue weighted by Crippen LogP contribution is -2.50. The van der Waals surface area contributed by atoms with E-state index in [0.717, 1.165) is 21.7 Å². The molecule has 0 saturated carbocycles. The molecule has 2 aromatic carbocycles. The second-order valence-electron chi connectivity index (χ2n) is 7.61. The van der Waals surface area contributed by atoms with Crippen molar-refractivity contribution in [1.29, 1.82) is 0 Å². The van der Waals surface area contributed by atoms with E-state index in [1.54, 1.807) is 24.3 Å². The minimum absolute atomic E-state index is 0.260. The predicted molar refractivity (Wildman–Crippen MR) is 116 cm³/mol. The van der Waals surface area contributed by atoms with Crippen molar-refractivity contribution in [2.75, 3.05) is 5.32 Å². The number of benzene rings is 2. The molecule has 0 saturated heterocycles. The molecule has 7 heteroatoms. The zero-order chi connectivity index (χ0) is 21.4. The molecule has 1 aliphatic heterocycles. The Bertz CT molecular complexity index is 1100. The fraction of sp³-hybridized carbons (Fsp3) is 0.217. The number of aryl methyl sites for hydroxylation is 1. The van der Waals surface area contributed by atoms with Crippen LogP contribution in [0.4, 0.5) is 5.13 Å². The number of anilines is 1. The Morgan fingerprint density at radius 3 is 2.17 bits per heavy atom. The molecule has 1 aliphatic rings. The van der Waals surface area contributed by atoms with Gasteiger partial charge in [-0.2, -0.15) is 0 Å². The third-order valence-electron chi connectivity index (χ3n) is 5.09. The summed E-state index contributed by atoms with van der Waals surface area (Å²) in [6.07, 6.45) is 0. The molecule has 4 rings (SSSR count). The van der Waals surface area contributed by atoms with Crippen LogP contribution in [0.25, 0.3) is 11.3 Å². The molecular formula is C23H21N3O3S. The van der Waals surface area contributed by atoms with E-state index in [1.165, 1.54) is 11.3 Å². The van der Waals surface area contributed by atoms with Crippen molar-refractivity contribution in [2.45, 2.75) is 26.8 Å². The van der Waals surface area contributed by atoms with E-state index in [4.69, 9.17) is 0 Å². The molecule has 0 radical (unpaired) electrons. The van der Waals surface area contributed by atoms with Gasteiger partial charge in [0.05, 0.1) is 16.8 Å². The molecule has 30 heavy (non-hydrogen) atoms. The molecule has 0 aliphatic carbocycles. The number of fused-ring (bicyclic) bond motifs is 1. The summed E-state index contributed by atoms with van der Waals surface area (Å²) in [4.78, 5) is 44.3. The molecule has 3 amide bonds. The Morgan fingerprint density at radius 2 is 1.60 bits per heavy atom. The first-order chi connectivity index (χ1) is 14.4. The van der Waals surface area contributed by atoms with Crippen LogP contribution in [0.3, 0.4) is 0 Å². The van der Waals surface area contributed by atoms with Gasteiger partial charge in [0.1, 0.15) is 6.04 Å². The molecule has 2 heterocycles. The average Bonchev–Trinajstić information content (AvgIpc) is 3.28. The quantitative estimate of drug-likeness (QED) is 0.623. The fourth-order valence-electron chi connectivity index (χ4n) is 3.55. The van der Waals surface area contributed by atoms with Crippen LogP contribution in [0.5, 0.6) is 0 Å². The van der Waals surface area contributed by atoms with Crippen molar-refractivity contribution in [3.05, 3.63) is 70.6 Å². The summed E-state index contributed by atoms with van der Waals surface area (Å²) in [6, 6.07) is 13.7. The molecule has 0 unspecified atom stereocenters. The van der Waals surface area contributed by atoms with Crippen LogP contribution in [-0.4, -0.2) is 33.6 Å². The summed E-state index contributed by atoms with van der Waals surface area (Å²) >= 11 is 1.31. The highest BCUT2D eigenvalue weighted by Gasteiger charge is 2.44. The van der Waals surface area contributed by atoms with Crippen LogP contribution in [-0.2, 0) is 4.79 Å². The number of imide groups is 1. The second-order valence-corrected chi connectivity index (χ2v) is 8.47. The topological polar surface area (TPSA) is 79.4 Å². The molecule has 1 N–H and O–H groups in total. The Morgan fingerprint density at radius 1 is 1.00 bits per heavy atom. The Hall–Kier alpha value is -3.32. The van der Waals surface area contributed by atoms with Gasteiger partial charge in [0.25, 0.3) is 11.8 Å². The van der Waals surface area contributed by atoms with Crippen molar-refractivity contribution >= 4 is 34.2 Å². The summed E-state index contributed by atoms with van der Waals surface area (Å²) in [5.74, 6) is -1.57. The number of carbonyl (C=O) groups is 3. The molecule has 1 atom stereocenters. The lowest BCUT2D eigenvalue weighted by Gasteiger charge is -2.27. The molecule has 0 bridgehead atoms. The molecule has 0 fully saturated rings. The first-order valence-electron chi connectivity index (χ1n) is 9.67. The van der Waals surface area contributed by atoms with Crippen molar-refractivity contribution in [1.82, 2.24) is 9.88 Å². The van der Waals surface area contributed by atoms with Gasteiger partial charge in [-0.05, 0) is 25.0 Å². The third-order valence-corrected chi connectivity index (χ3v) is 5.84. The summed E-state index contributed by atoms with van der Waals surface area (Å²) in [6.45, 7) is 5.64. The zero-order valence-electron chi connectivity index (χ0n) is 16.9. The van der Waals surface area contributed by atoms with Crippen molar-refractivity contribution in [2.24, 2.45) is 5.92 Å². The lowest BCUT2D eigenvalue weighted by molar-refractivity contribution is -0.121. The van der Waals surface area contributed by atoms with Crippen LogP contribution in [0.1, 0.15) is 40.1 Å². The normalized spacial score (nSPS) is 14.2. The number of aromatic nitrogens is 1. The Labute approximate surface area is 178 Å². The van der Waals surface area contributed by atoms with Crippen LogP contribution in [0.2, 0.25) is 0 Å².